The lowest BCUT2D eigenvalue weighted by Gasteiger charge is -2.32. The van der Waals surface area contributed by atoms with Gasteiger partial charge in [0, 0.05) is 34.6 Å². The van der Waals surface area contributed by atoms with Crippen molar-refractivity contribution in [1.82, 2.24) is 4.90 Å². The van der Waals surface area contributed by atoms with Crippen molar-refractivity contribution in [3.8, 4) is 17.2 Å². The van der Waals surface area contributed by atoms with Crippen LogP contribution < -0.4 is 14.2 Å². The molecule has 0 aromatic heterocycles. The Kier molecular flexibility index (Phi) is 8.71. The zero-order valence-corrected chi connectivity index (χ0v) is 25.9. The first-order valence-electron chi connectivity index (χ1n) is 15.0. The Hall–Kier alpha value is -2.80. The predicted molar refractivity (Wildman–Crippen MR) is 167 cm³/mol. The molecule has 0 saturated carbocycles. The SMILES string of the molecule is CC1=C(c2ccc(Br)cc2)C(c2ccc(OC[C@H](C)N3CC[C@@H](C)C3)cc2)Oc2ccc(OC3CCCCO3)cc21. The van der Waals surface area contributed by atoms with E-state index in [1.165, 1.54) is 12.0 Å². The largest absolute Gasteiger partial charge is 0.492 e. The summed E-state index contributed by atoms with van der Waals surface area (Å²) in [7, 11) is 0. The Labute approximate surface area is 252 Å². The van der Waals surface area contributed by atoms with Crippen molar-refractivity contribution in [3.05, 3.63) is 87.9 Å². The van der Waals surface area contributed by atoms with Crippen molar-refractivity contribution in [2.75, 3.05) is 26.3 Å². The highest BCUT2D eigenvalue weighted by Crippen LogP contribution is 2.47. The third-order valence-corrected chi connectivity index (χ3v) is 9.11. The Morgan fingerprint density at radius 1 is 0.976 bits per heavy atom. The van der Waals surface area contributed by atoms with Gasteiger partial charge in [-0.1, -0.05) is 47.1 Å². The van der Waals surface area contributed by atoms with Gasteiger partial charge in [-0.2, -0.15) is 0 Å². The summed E-state index contributed by atoms with van der Waals surface area (Å²) in [6.07, 6.45) is 4.01. The van der Waals surface area contributed by atoms with E-state index in [1.807, 2.05) is 12.1 Å². The smallest absolute Gasteiger partial charge is 0.199 e. The first-order chi connectivity index (χ1) is 19.9. The second-order valence-electron chi connectivity index (χ2n) is 11.7. The molecule has 6 rings (SSSR count). The minimum atomic E-state index is -0.240. The minimum Gasteiger partial charge on any atom is -0.492 e. The quantitative estimate of drug-likeness (QED) is 0.253. The van der Waals surface area contributed by atoms with E-state index in [1.54, 1.807) is 0 Å². The van der Waals surface area contributed by atoms with Crippen LogP contribution in [-0.2, 0) is 4.74 Å². The monoisotopic (exact) mass is 617 g/mol. The van der Waals surface area contributed by atoms with E-state index >= 15 is 0 Å². The molecule has 3 aromatic rings. The van der Waals surface area contributed by atoms with Crippen LogP contribution in [-0.4, -0.2) is 43.5 Å². The van der Waals surface area contributed by atoms with Crippen molar-refractivity contribution >= 4 is 27.1 Å². The number of hydrogen-bond donors (Lipinski definition) is 0. The summed E-state index contributed by atoms with van der Waals surface area (Å²) < 4.78 is 26.0. The topological polar surface area (TPSA) is 40.2 Å². The molecule has 3 aromatic carbocycles. The number of allylic oxidation sites excluding steroid dienone is 1. The fraction of sp³-hybridized carbons (Fsp3) is 0.429. The molecule has 2 unspecified atom stereocenters. The molecule has 3 aliphatic heterocycles. The maximum Gasteiger partial charge on any atom is 0.199 e. The summed E-state index contributed by atoms with van der Waals surface area (Å²) in [6, 6.07) is 23.4. The van der Waals surface area contributed by atoms with Crippen LogP contribution in [0.2, 0.25) is 0 Å². The molecule has 0 aliphatic carbocycles. The molecule has 4 atom stereocenters. The highest BCUT2D eigenvalue weighted by molar-refractivity contribution is 9.10. The van der Waals surface area contributed by atoms with Gasteiger partial charge < -0.3 is 18.9 Å². The molecule has 0 spiro atoms. The molecule has 5 nitrogen and oxygen atoms in total. The van der Waals surface area contributed by atoms with Crippen molar-refractivity contribution in [1.29, 1.82) is 0 Å². The van der Waals surface area contributed by atoms with Crippen molar-refractivity contribution in [3.63, 3.8) is 0 Å². The van der Waals surface area contributed by atoms with Crippen molar-refractivity contribution < 1.29 is 18.9 Å². The van der Waals surface area contributed by atoms with Crippen LogP contribution in [0.25, 0.3) is 11.1 Å². The maximum absolute atomic E-state index is 6.74. The zero-order chi connectivity index (χ0) is 28.3. The van der Waals surface area contributed by atoms with E-state index < -0.39 is 0 Å². The van der Waals surface area contributed by atoms with Gasteiger partial charge in [-0.05, 0) is 105 Å². The summed E-state index contributed by atoms with van der Waals surface area (Å²) in [6.45, 7) is 10.6. The number of nitrogens with zero attached hydrogens (tertiary/aromatic N) is 1. The van der Waals surface area contributed by atoms with Gasteiger partial charge in [0.1, 0.15) is 30.0 Å². The summed E-state index contributed by atoms with van der Waals surface area (Å²) in [5.74, 6) is 3.34. The van der Waals surface area contributed by atoms with E-state index in [-0.39, 0.29) is 12.4 Å². The van der Waals surface area contributed by atoms with Gasteiger partial charge in [-0.25, -0.2) is 0 Å². The van der Waals surface area contributed by atoms with Crippen molar-refractivity contribution in [2.45, 2.75) is 64.9 Å². The van der Waals surface area contributed by atoms with Crippen LogP contribution in [0.4, 0.5) is 0 Å². The Bertz CT molecular complexity index is 1360. The standard InChI is InChI=1S/C35H40BrNO4/c1-23-17-18-37(21-23)24(2)22-39-29-13-9-27(10-14-29)35-34(26-7-11-28(36)12-8-26)25(3)31-20-30(15-16-32(31)41-35)40-33-6-4-5-19-38-33/h7-16,20,23-24,33,35H,4-6,17-19,21-22H2,1-3H3/t23-,24+,33?,35?/m1/s1. The maximum atomic E-state index is 6.74. The Balaban J connectivity index is 1.25. The van der Waals surface area contributed by atoms with Gasteiger partial charge in [0.15, 0.2) is 6.29 Å². The van der Waals surface area contributed by atoms with E-state index in [0.29, 0.717) is 12.6 Å². The van der Waals surface area contributed by atoms with Crippen LogP contribution in [0, 0.1) is 5.92 Å². The molecular formula is C35H40BrNO4. The number of fused-ring (bicyclic) bond motifs is 1. The van der Waals surface area contributed by atoms with E-state index in [4.69, 9.17) is 18.9 Å². The lowest BCUT2D eigenvalue weighted by Crippen LogP contribution is -2.35. The van der Waals surface area contributed by atoms with Crippen LogP contribution >= 0.6 is 15.9 Å². The average molecular weight is 619 g/mol. The predicted octanol–water partition coefficient (Wildman–Crippen LogP) is 8.53. The molecule has 0 bridgehead atoms. The number of benzene rings is 3. The molecule has 2 saturated heterocycles. The summed E-state index contributed by atoms with van der Waals surface area (Å²) in [5.41, 5.74) is 5.62. The highest BCUT2D eigenvalue weighted by Gasteiger charge is 2.30. The van der Waals surface area contributed by atoms with Gasteiger partial charge >= 0.3 is 0 Å². The normalized spacial score (nSPS) is 23.6. The first-order valence-corrected chi connectivity index (χ1v) is 15.8. The molecule has 0 radical (unpaired) electrons. The highest BCUT2D eigenvalue weighted by atomic mass is 79.9. The molecule has 0 amide bonds. The van der Waals surface area contributed by atoms with Crippen LogP contribution in [0.3, 0.4) is 0 Å². The fourth-order valence-electron chi connectivity index (χ4n) is 6.12. The molecule has 41 heavy (non-hydrogen) atoms. The number of rotatable bonds is 8. The van der Waals surface area contributed by atoms with Gasteiger partial charge in [0.2, 0.25) is 0 Å². The molecule has 3 heterocycles. The summed E-state index contributed by atoms with van der Waals surface area (Å²) in [4.78, 5) is 2.53. The van der Waals surface area contributed by atoms with E-state index in [9.17, 15) is 0 Å². The second kappa shape index (κ2) is 12.6. The fourth-order valence-corrected chi connectivity index (χ4v) is 6.39. The molecule has 0 N–H and O–H groups in total. The van der Waals surface area contributed by atoms with Gasteiger partial charge in [0.25, 0.3) is 0 Å². The van der Waals surface area contributed by atoms with Crippen molar-refractivity contribution in [2.24, 2.45) is 5.92 Å². The molecule has 6 heteroatoms. The number of halogens is 1. The van der Waals surface area contributed by atoms with Crippen LogP contribution in [0.15, 0.2) is 71.2 Å². The molecule has 2 fully saturated rings. The van der Waals surface area contributed by atoms with Crippen LogP contribution in [0.1, 0.15) is 69.2 Å². The lowest BCUT2D eigenvalue weighted by molar-refractivity contribution is -0.105. The lowest BCUT2D eigenvalue weighted by atomic mass is 9.86. The number of ether oxygens (including phenoxy) is 4. The zero-order valence-electron chi connectivity index (χ0n) is 24.3. The molecular weight excluding hydrogens is 578 g/mol. The van der Waals surface area contributed by atoms with Gasteiger partial charge in [-0.15, -0.1) is 0 Å². The summed E-state index contributed by atoms with van der Waals surface area (Å²) in [5, 5.41) is 0. The molecule has 216 valence electrons. The van der Waals surface area contributed by atoms with Gasteiger partial charge in [-0.3, -0.25) is 4.90 Å². The summed E-state index contributed by atoms with van der Waals surface area (Å²) >= 11 is 3.59. The van der Waals surface area contributed by atoms with E-state index in [2.05, 4.69) is 96.2 Å². The van der Waals surface area contributed by atoms with E-state index in [0.717, 1.165) is 88.9 Å². The Morgan fingerprint density at radius 3 is 2.46 bits per heavy atom. The number of hydrogen-bond acceptors (Lipinski definition) is 5. The molecule has 3 aliphatic rings. The third kappa shape index (κ3) is 6.50. The minimum absolute atomic E-state index is 0.183. The third-order valence-electron chi connectivity index (χ3n) is 8.58. The van der Waals surface area contributed by atoms with Crippen LogP contribution in [0.5, 0.6) is 17.2 Å². The Morgan fingerprint density at radius 2 is 1.76 bits per heavy atom. The average Bonchev–Trinajstić information content (AvgIpc) is 3.44. The number of likely N-dealkylation sites (tertiary alicyclic amines) is 1. The second-order valence-corrected chi connectivity index (χ2v) is 12.6. The first kappa shape index (κ1) is 28.3. The van der Waals surface area contributed by atoms with Gasteiger partial charge in [0.05, 0.1) is 6.61 Å².